The van der Waals surface area contributed by atoms with Crippen molar-refractivity contribution in [2.45, 2.75) is 50.7 Å². The topological polar surface area (TPSA) is 75.6 Å². The minimum Gasteiger partial charge on any atom is -0.457 e. The molecule has 1 amide bonds. The van der Waals surface area contributed by atoms with E-state index in [1.165, 1.54) is 0 Å². The number of hydrogen-bond acceptors (Lipinski definition) is 4. The summed E-state index contributed by atoms with van der Waals surface area (Å²) < 4.78 is 5.03. The Balaban J connectivity index is 1.51. The summed E-state index contributed by atoms with van der Waals surface area (Å²) in [6.45, 7) is 4.58. The molecule has 0 saturated heterocycles. The minimum absolute atomic E-state index is 0.108. The van der Waals surface area contributed by atoms with Crippen molar-refractivity contribution < 1.29 is 19.4 Å². The Morgan fingerprint density at radius 1 is 1.00 bits per heavy atom. The van der Waals surface area contributed by atoms with Gasteiger partial charge in [0.2, 0.25) is 0 Å². The number of carbonyl (C=O) groups excluding carboxylic acids is 2. The van der Waals surface area contributed by atoms with Crippen molar-refractivity contribution in [3.05, 3.63) is 107 Å². The van der Waals surface area contributed by atoms with E-state index in [1.54, 1.807) is 18.2 Å². The molecule has 2 N–H and O–H groups in total. The molecule has 1 atom stereocenters. The Bertz CT molecular complexity index is 1160. The van der Waals surface area contributed by atoms with Gasteiger partial charge in [-0.2, -0.15) is 0 Å². The van der Waals surface area contributed by atoms with E-state index in [2.05, 4.69) is 31.3 Å². The summed E-state index contributed by atoms with van der Waals surface area (Å²) in [5, 5.41) is 14.7. The number of cyclic esters (lactones) is 1. The first-order valence-corrected chi connectivity index (χ1v) is 11.7. The molecule has 34 heavy (non-hydrogen) atoms. The maximum absolute atomic E-state index is 12.9. The first kappa shape index (κ1) is 23.7. The highest BCUT2D eigenvalue weighted by atomic mass is 16.5. The summed E-state index contributed by atoms with van der Waals surface area (Å²) in [6, 6.07) is 25.2. The van der Waals surface area contributed by atoms with Gasteiger partial charge in [-0.1, -0.05) is 80.6 Å². The predicted octanol–water partition coefficient (Wildman–Crippen LogP) is 4.82. The van der Waals surface area contributed by atoms with Gasteiger partial charge in [-0.15, -0.1) is 0 Å². The molecule has 4 rings (SSSR count). The molecule has 5 heteroatoms. The van der Waals surface area contributed by atoms with E-state index in [-0.39, 0.29) is 24.5 Å². The second-order valence-corrected chi connectivity index (χ2v) is 9.77. The number of ether oxygens (including phenoxy) is 1. The molecule has 0 bridgehead atoms. The highest BCUT2D eigenvalue weighted by Gasteiger charge is 2.36. The molecule has 0 aliphatic carbocycles. The van der Waals surface area contributed by atoms with Gasteiger partial charge < -0.3 is 15.2 Å². The number of nitrogens with one attached hydrogen (secondary N) is 1. The van der Waals surface area contributed by atoms with E-state index < -0.39 is 11.6 Å². The number of aryl methyl sites for hydroxylation is 1. The van der Waals surface area contributed by atoms with E-state index >= 15 is 0 Å². The Hall–Kier alpha value is -3.44. The van der Waals surface area contributed by atoms with Gasteiger partial charge in [0.1, 0.15) is 6.61 Å². The van der Waals surface area contributed by atoms with Crippen LogP contribution in [0, 0.1) is 0 Å². The van der Waals surface area contributed by atoms with E-state index in [9.17, 15) is 14.7 Å². The van der Waals surface area contributed by atoms with Gasteiger partial charge in [-0.05, 0) is 47.9 Å². The van der Waals surface area contributed by atoms with Gasteiger partial charge in [0.15, 0.2) is 0 Å². The molecular weight excluding hydrogens is 426 g/mol. The van der Waals surface area contributed by atoms with Crippen LogP contribution in [0.5, 0.6) is 0 Å². The molecule has 176 valence electrons. The van der Waals surface area contributed by atoms with Crippen LogP contribution < -0.4 is 5.32 Å². The van der Waals surface area contributed by atoms with Crippen molar-refractivity contribution in [3.63, 3.8) is 0 Å². The van der Waals surface area contributed by atoms with Crippen molar-refractivity contribution in [3.8, 4) is 0 Å². The average molecular weight is 458 g/mol. The maximum Gasteiger partial charge on any atom is 0.338 e. The molecule has 3 aromatic rings. The molecule has 1 unspecified atom stereocenters. The fourth-order valence-corrected chi connectivity index (χ4v) is 4.68. The maximum atomic E-state index is 12.9. The number of carbonyl (C=O) groups is 2. The lowest BCUT2D eigenvalue weighted by Crippen LogP contribution is -2.47. The fraction of sp³-hybridized carbons (Fsp3) is 0.310. The number of amides is 1. The Morgan fingerprint density at radius 3 is 2.38 bits per heavy atom. The molecule has 0 saturated carbocycles. The number of hydrogen-bond donors (Lipinski definition) is 2. The minimum atomic E-state index is -1.12. The highest BCUT2D eigenvalue weighted by molar-refractivity contribution is 5.99. The van der Waals surface area contributed by atoms with Crippen LogP contribution in [-0.2, 0) is 23.2 Å². The lowest BCUT2D eigenvalue weighted by molar-refractivity contribution is 0.00603. The first-order valence-electron chi connectivity index (χ1n) is 11.7. The monoisotopic (exact) mass is 457 g/mol. The van der Waals surface area contributed by atoms with Crippen molar-refractivity contribution in [1.29, 1.82) is 0 Å². The van der Waals surface area contributed by atoms with Crippen LogP contribution in [0.4, 0.5) is 0 Å². The molecule has 1 aliphatic rings. The number of fused-ring (bicyclic) bond motifs is 1. The molecule has 0 spiro atoms. The summed E-state index contributed by atoms with van der Waals surface area (Å²) in [7, 11) is 0. The highest BCUT2D eigenvalue weighted by Crippen LogP contribution is 2.34. The van der Waals surface area contributed by atoms with E-state index in [1.807, 2.05) is 48.5 Å². The van der Waals surface area contributed by atoms with Crippen LogP contribution in [0.2, 0.25) is 0 Å². The lowest BCUT2D eigenvalue weighted by Gasteiger charge is -2.37. The van der Waals surface area contributed by atoms with Gasteiger partial charge in [-0.3, -0.25) is 4.79 Å². The zero-order chi connectivity index (χ0) is 24.2. The van der Waals surface area contributed by atoms with Crippen molar-refractivity contribution >= 4 is 11.9 Å². The Morgan fingerprint density at radius 2 is 1.68 bits per heavy atom. The van der Waals surface area contributed by atoms with E-state index in [0.717, 1.165) is 16.7 Å². The summed E-state index contributed by atoms with van der Waals surface area (Å²) in [4.78, 5) is 24.8. The average Bonchev–Trinajstić information content (AvgIpc) is 3.22. The Labute approximate surface area is 200 Å². The van der Waals surface area contributed by atoms with Crippen LogP contribution in [0.25, 0.3) is 0 Å². The number of aliphatic hydroxyl groups is 1. The molecule has 1 heterocycles. The summed E-state index contributed by atoms with van der Waals surface area (Å²) in [5.74, 6) is -0.730. The van der Waals surface area contributed by atoms with Crippen LogP contribution in [0.3, 0.4) is 0 Å². The zero-order valence-corrected chi connectivity index (χ0v) is 19.7. The number of esters is 1. The second-order valence-electron chi connectivity index (χ2n) is 9.77. The molecule has 0 radical (unpaired) electrons. The van der Waals surface area contributed by atoms with Gasteiger partial charge in [0, 0.05) is 17.7 Å². The molecule has 0 fully saturated rings. The van der Waals surface area contributed by atoms with Crippen LogP contribution in [-0.4, -0.2) is 29.1 Å². The molecular formula is C29H31NO4. The summed E-state index contributed by atoms with van der Waals surface area (Å²) in [6.07, 6.45) is 1.68. The largest absolute Gasteiger partial charge is 0.457 e. The van der Waals surface area contributed by atoms with E-state index in [0.29, 0.717) is 30.4 Å². The van der Waals surface area contributed by atoms with E-state index in [4.69, 9.17) is 4.74 Å². The first-order chi connectivity index (χ1) is 16.3. The quantitative estimate of drug-likeness (QED) is 0.452. The van der Waals surface area contributed by atoms with Gasteiger partial charge in [0.05, 0.1) is 11.2 Å². The zero-order valence-electron chi connectivity index (χ0n) is 19.7. The third-order valence-electron chi connectivity index (χ3n) is 6.58. The third-order valence-corrected chi connectivity index (χ3v) is 6.58. The predicted molar refractivity (Wildman–Crippen MR) is 132 cm³/mol. The standard InChI is InChI=1S/C29H31NO4/c1-28(2,24-11-7-4-8-12-24)19-29(33,16-15-21-9-5-3-6-10-21)20-30-26(31)22-13-14-23-18-34-27(32)25(23)17-22/h3-14,17,33H,15-16,18-20H2,1-2H3,(H,30,31). The number of rotatable bonds is 9. The van der Waals surface area contributed by atoms with Crippen LogP contribution >= 0.6 is 0 Å². The van der Waals surface area contributed by atoms with Crippen molar-refractivity contribution in [2.24, 2.45) is 0 Å². The van der Waals surface area contributed by atoms with Crippen molar-refractivity contribution in [2.75, 3.05) is 6.54 Å². The van der Waals surface area contributed by atoms with Crippen LogP contribution in [0.15, 0.2) is 78.9 Å². The van der Waals surface area contributed by atoms with Crippen molar-refractivity contribution in [1.82, 2.24) is 5.32 Å². The van der Waals surface area contributed by atoms with Gasteiger partial charge >= 0.3 is 5.97 Å². The third kappa shape index (κ3) is 5.54. The normalized spacial score (nSPS) is 14.7. The van der Waals surface area contributed by atoms with Gasteiger partial charge in [-0.25, -0.2) is 4.79 Å². The summed E-state index contributed by atoms with van der Waals surface area (Å²) >= 11 is 0. The Kier molecular flexibility index (Phi) is 6.85. The molecule has 5 nitrogen and oxygen atoms in total. The SMILES string of the molecule is CC(C)(CC(O)(CCc1ccccc1)CNC(=O)c1ccc2c(c1)C(=O)OC2)c1ccccc1. The lowest BCUT2D eigenvalue weighted by atomic mass is 9.73. The molecule has 3 aromatic carbocycles. The second kappa shape index (κ2) is 9.82. The fourth-order valence-electron chi connectivity index (χ4n) is 4.68. The van der Waals surface area contributed by atoms with Gasteiger partial charge in [0.25, 0.3) is 5.91 Å². The summed E-state index contributed by atoms with van der Waals surface area (Å²) in [5.41, 5.74) is 2.45. The molecule has 1 aliphatic heterocycles. The smallest absolute Gasteiger partial charge is 0.338 e. The van der Waals surface area contributed by atoms with Crippen LogP contribution in [0.1, 0.15) is 64.1 Å². The molecule has 0 aromatic heterocycles. The number of benzene rings is 3.